The fraction of sp³-hybridized carbons (Fsp3) is 0.167. The summed E-state index contributed by atoms with van der Waals surface area (Å²) in [4.78, 5) is 22.2. The maximum absolute atomic E-state index is 11.5. The Morgan fingerprint density at radius 1 is 1.29 bits per heavy atom. The lowest BCUT2D eigenvalue weighted by Crippen LogP contribution is -2.32. The minimum Gasteiger partial charge on any atom is -0.347 e. The van der Waals surface area contributed by atoms with Gasteiger partial charge in [-0.05, 0) is 17.7 Å². The van der Waals surface area contributed by atoms with Crippen molar-refractivity contribution in [2.24, 2.45) is 0 Å². The van der Waals surface area contributed by atoms with E-state index in [1.54, 1.807) is 12.1 Å². The SMILES string of the molecule is C=C(NC(C)=O)C(=O)NCc1ccc(Cl)cc1. The standard InChI is InChI=1S/C12H13ClN2O2/c1-8(15-9(2)16)12(17)14-7-10-3-5-11(13)6-4-10/h3-6H,1,7H2,2H3,(H,14,17)(H,15,16). The van der Waals surface area contributed by atoms with E-state index < -0.39 is 5.91 Å². The molecule has 0 aliphatic rings. The Morgan fingerprint density at radius 3 is 2.41 bits per heavy atom. The first-order chi connectivity index (χ1) is 7.99. The molecule has 0 saturated heterocycles. The van der Waals surface area contributed by atoms with Crippen LogP contribution in [-0.4, -0.2) is 11.8 Å². The van der Waals surface area contributed by atoms with E-state index in [0.29, 0.717) is 11.6 Å². The summed E-state index contributed by atoms with van der Waals surface area (Å²) in [5.74, 6) is -0.730. The predicted molar refractivity (Wildman–Crippen MR) is 66.3 cm³/mol. The maximum atomic E-state index is 11.5. The molecule has 0 unspecified atom stereocenters. The van der Waals surface area contributed by atoms with Gasteiger partial charge in [0.15, 0.2) is 0 Å². The van der Waals surface area contributed by atoms with E-state index in [1.807, 2.05) is 12.1 Å². The molecule has 1 aromatic rings. The Balaban J connectivity index is 2.45. The van der Waals surface area contributed by atoms with Gasteiger partial charge in [0.2, 0.25) is 5.91 Å². The first kappa shape index (κ1) is 13.3. The third-order valence-corrected chi connectivity index (χ3v) is 2.22. The number of hydrogen-bond acceptors (Lipinski definition) is 2. The number of rotatable bonds is 4. The highest BCUT2D eigenvalue weighted by molar-refractivity contribution is 6.30. The molecule has 1 aromatic carbocycles. The number of halogens is 1. The van der Waals surface area contributed by atoms with E-state index in [-0.39, 0.29) is 11.6 Å². The number of nitrogens with one attached hydrogen (secondary N) is 2. The van der Waals surface area contributed by atoms with Crippen LogP contribution in [0.1, 0.15) is 12.5 Å². The Kier molecular flexibility index (Phi) is 4.72. The molecule has 0 heterocycles. The summed E-state index contributed by atoms with van der Waals surface area (Å²) in [6.45, 7) is 5.13. The fourth-order valence-electron chi connectivity index (χ4n) is 1.16. The molecule has 0 radical (unpaired) electrons. The molecule has 0 aliphatic carbocycles. The maximum Gasteiger partial charge on any atom is 0.267 e. The summed E-state index contributed by atoms with van der Waals surface area (Å²) in [7, 11) is 0. The van der Waals surface area contributed by atoms with Crippen LogP contribution >= 0.6 is 11.6 Å². The lowest BCUT2D eigenvalue weighted by atomic mass is 10.2. The molecule has 0 fully saturated rings. The van der Waals surface area contributed by atoms with E-state index in [0.717, 1.165) is 5.56 Å². The van der Waals surface area contributed by atoms with Crippen molar-refractivity contribution in [3.63, 3.8) is 0 Å². The van der Waals surface area contributed by atoms with Crippen LogP contribution in [0.15, 0.2) is 36.5 Å². The zero-order valence-electron chi connectivity index (χ0n) is 9.42. The van der Waals surface area contributed by atoms with Gasteiger partial charge in [-0.3, -0.25) is 9.59 Å². The highest BCUT2D eigenvalue weighted by Crippen LogP contribution is 2.09. The van der Waals surface area contributed by atoms with Crippen molar-refractivity contribution in [1.82, 2.24) is 10.6 Å². The zero-order valence-corrected chi connectivity index (χ0v) is 10.2. The summed E-state index contributed by atoms with van der Waals surface area (Å²) in [6, 6.07) is 7.10. The minimum atomic E-state index is -0.407. The highest BCUT2D eigenvalue weighted by atomic mass is 35.5. The molecule has 0 saturated carbocycles. The van der Waals surface area contributed by atoms with Crippen LogP contribution in [0.25, 0.3) is 0 Å². The molecular formula is C12H13ClN2O2. The Hall–Kier alpha value is -1.81. The van der Waals surface area contributed by atoms with Crippen LogP contribution in [-0.2, 0) is 16.1 Å². The highest BCUT2D eigenvalue weighted by Gasteiger charge is 2.07. The summed E-state index contributed by atoms with van der Waals surface area (Å²) >= 11 is 5.73. The Labute approximate surface area is 105 Å². The van der Waals surface area contributed by atoms with E-state index in [9.17, 15) is 9.59 Å². The average Bonchev–Trinajstić information content (AvgIpc) is 2.27. The van der Waals surface area contributed by atoms with Crippen molar-refractivity contribution in [2.45, 2.75) is 13.5 Å². The number of carbonyl (C=O) groups is 2. The average molecular weight is 253 g/mol. The second kappa shape index (κ2) is 6.06. The third-order valence-electron chi connectivity index (χ3n) is 1.97. The van der Waals surface area contributed by atoms with Crippen LogP contribution in [0.4, 0.5) is 0 Å². The topological polar surface area (TPSA) is 58.2 Å². The van der Waals surface area contributed by atoms with Crippen LogP contribution in [0.5, 0.6) is 0 Å². The normalized spacial score (nSPS) is 9.53. The van der Waals surface area contributed by atoms with Crippen LogP contribution in [0, 0.1) is 0 Å². The molecule has 0 aromatic heterocycles. The summed E-state index contributed by atoms with van der Waals surface area (Å²) in [5.41, 5.74) is 0.949. The van der Waals surface area contributed by atoms with Gasteiger partial charge in [0.1, 0.15) is 0 Å². The largest absolute Gasteiger partial charge is 0.347 e. The Morgan fingerprint density at radius 2 is 1.88 bits per heavy atom. The van der Waals surface area contributed by atoms with Gasteiger partial charge < -0.3 is 10.6 Å². The van der Waals surface area contributed by atoms with E-state index in [2.05, 4.69) is 17.2 Å². The van der Waals surface area contributed by atoms with Crippen molar-refractivity contribution >= 4 is 23.4 Å². The summed E-state index contributed by atoms with van der Waals surface area (Å²) in [6.07, 6.45) is 0. The van der Waals surface area contributed by atoms with Gasteiger partial charge in [-0.1, -0.05) is 30.3 Å². The van der Waals surface area contributed by atoms with Crippen LogP contribution in [0.2, 0.25) is 5.02 Å². The van der Waals surface area contributed by atoms with Crippen molar-refractivity contribution in [1.29, 1.82) is 0 Å². The molecule has 2 amide bonds. The molecule has 90 valence electrons. The van der Waals surface area contributed by atoms with E-state index in [4.69, 9.17) is 11.6 Å². The van der Waals surface area contributed by atoms with Gasteiger partial charge in [-0.2, -0.15) is 0 Å². The van der Waals surface area contributed by atoms with Gasteiger partial charge in [0.05, 0.1) is 5.70 Å². The van der Waals surface area contributed by atoms with Crippen LogP contribution < -0.4 is 10.6 Å². The smallest absolute Gasteiger partial charge is 0.267 e. The lowest BCUT2D eigenvalue weighted by Gasteiger charge is -2.07. The monoisotopic (exact) mass is 252 g/mol. The quantitative estimate of drug-likeness (QED) is 0.800. The Bertz CT molecular complexity index is 440. The number of carbonyl (C=O) groups excluding carboxylic acids is 2. The number of amides is 2. The van der Waals surface area contributed by atoms with Crippen molar-refractivity contribution in [2.75, 3.05) is 0 Å². The van der Waals surface area contributed by atoms with Gasteiger partial charge in [0, 0.05) is 18.5 Å². The molecule has 0 spiro atoms. The number of hydrogen-bond donors (Lipinski definition) is 2. The van der Waals surface area contributed by atoms with Gasteiger partial charge in [-0.15, -0.1) is 0 Å². The second-order valence-electron chi connectivity index (χ2n) is 3.47. The summed E-state index contributed by atoms with van der Waals surface area (Å²) in [5, 5.41) is 5.59. The minimum absolute atomic E-state index is 0.0338. The van der Waals surface area contributed by atoms with Gasteiger partial charge >= 0.3 is 0 Å². The first-order valence-corrected chi connectivity index (χ1v) is 5.36. The molecule has 0 aliphatic heterocycles. The van der Waals surface area contributed by atoms with E-state index >= 15 is 0 Å². The van der Waals surface area contributed by atoms with Gasteiger partial charge in [0.25, 0.3) is 5.91 Å². The van der Waals surface area contributed by atoms with Gasteiger partial charge in [-0.25, -0.2) is 0 Å². The molecule has 2 N–H and O–H groups in total. The lowest BCUT2D eigenvalue weighted by molar-refractivity contribution is -0.122. The van der Waals surface area contributed by atoms with Crippen molar-refractivity contribution < 1.29 is 9.59 Å². The molecular weight excluding hydrogens is 240 g/mol. The first-order valence-electron chi connectivity index (χ1n) is 4.98. The van der Waals surface area contributed by atoms with E-state index in [1.165, 1.54) is 6.92 Å². The zero-order chi connectivity index (χ0) is 12.8. The fourth-order valence-corrected chi connectivity index (χ4v) is 1.29. The molecule has 4 nitrogen and oxygen atoms in total. The molecule has 17 heavy (non-hydrogen) atoms. The molecule has 0 atom stereocenters. The van der Waals surface area contributed by atoms with Crippen LogP contribution in [0.3, 0.4) is 0 Å². The summed E-state index contributed by atoms with van der Waals surface area (Å²) < 4.78 is 0. The molecule has 0 bridgehead atoms. The molecule has 1 rings (SSSR count). The number of benzene rings is 1. The van der Waals surface area contributed by atoms with Crippen molar-refractivity contribution in [3.05, 3.63) is 47.1 Å². The third kappa shape index (κ3) is 4.70. The molecule has 5 heteroatoms. The van der Waals surface area contributed by atoms with Crippen molar-refractivity contribution in [3.8, 4) is 0 Å². The predicted octanol–water partition coefficient (Wildman–Crippen LogP) is 1.61. The second-order valence-corrected chi connectivity index (χ2v) is 3.91.